The Morgan fingerprint density at radius 3 is 1.91 bits per heavy atom. The van der Waals surface area contributed by atoms with Crippen LogP contribution in [0.2, 0.25) is 19.6 Å². The Kier molecular flexibility index (Phi) is 11.3. The Bertz CT molecular complexity index is 2580. The van der Waals surface area contributed by atoms with E-state index in [0.717, 1.165) is 23.2 Å². The molecule has 8 rings (SSSR count). The van der Waals surface area contributed by atoms with E-state index in [9.17, 15) is 0 Å². The zero-order valence-electron chi connectivity index (χ0n) is 34.4. The number of hydrogen-bond donors (Lipinski definition) is 0. The summed E-state index contributed by atoms with van der Waals surface area (Å²) in [5, 5.41) is 9.08. The summed E-state index contributed by atoms with van der Waals surface area (Å²) in [6.45, 7) is 9.70. The summed E-state index contributed by atoms with van der Waals surface area (Å²) in [6, 6.07) is 51.3. The molecule has 0 bridgehead atoms. The van der Waals surface area contributed by atoms with E-state index in [-0.39, 0.29) is 33.2 Å². The monoisotopic (exact) mass is 888 g/mol. The quantitative estimate of drug-likeness (QED) is 0.0944. The maximum atomic E-state index is 7.30. The number of aryl methyl sites for hydroxylation is 1. The fourth-order valence-electron chi connectivity index (χ4n) is 6.98. The van der Waals surface area contributed by atoms with E-state index >= 15 is 0 Å². The normalized spacial score (nSPS) is 12.2. The zero-order valence-corrected chi connectivity index (χ0v) is 34.8. The first-order valence-corrected chi connectivity index (χ1v) is 21.2. The second-order valence-corrected chi connectivity index (χ2v) is 19.7. The molecule has 2 aromatic heterocycles. The average Bonchev–Trinajstić information content (AvgIpc) is 3.17. The molecule has 269 valence electrons. The van der Waals surface area contributed by atoms with E-state index in [2.05, 4.69) is 142 Å². The van der Waals surface area contributed by atoms with Crippen molar-refractivity contribution in [1.29, 1.82) is 0 Å². The summed E-state index contributed by atoms with van der Waals surface area (Å²) in [5.41, 5.74) is 7.77. The third-order valence-electron chi connectivity index (χ3n) is 9.40. The van der Waals surface area contributed by atoms with Crippen LogP contribution in [-0.2, 0) is 26.5 Å². The second kappa shape index (κ2) is 16.9. The molecule has 2 nitrogen and oxygen atoms in total. The first-order valence-electron chi connectivity index (χ1n) is 19.2. The van der Waals surface area contributed by atoms with Crippen molar-refractivity contribution in [1.82, 2.24) is 9.97 Å². The van der Waals surface area contributed by atoms with Gasteiger partial charge >= 0.3 is 0 Å². The summed E-state index contributed by atoms with van der Waals surface area (Å²) < 4.78 is 21.9. The van der Waals surface area contributed by atoms with Crippen LogP contribution in [0.15, 0.2) is 146 Å². The van der Waals surface area contributed by atoms with Crippen molar-refractivity contribution < 1.29 is 24.2 Å². The maximum Gasteiger partial charge on any atom is 0.0798 e. The van der Waals surface area contributed by atoms with Gasteiger partial charge in [-0.1, -0.05) is 164 Å². The molecule has 0 unspecified atom stereocenters. The summed E-state index contributed by atoms with van der Waals surface area (Å²) >= 11 is 0. The van der Waals surface area contributed by atoms with Gasteiger partial charge in [0.25, 0.3) is 0 Å². The number of benzene rings is 6. The van der Waals surface area contributed by atoms with Crippen LogP contribution in [0.4, 0.5) is 0 Å². The third kappa shape index (κ3) is 8.74. The van der Waals surface area contributed by atoms with E-state index in [1.54, 1.807) is 6.07 Å². The predicted octanol–water partition coefficient (Wildman–Crippen LogP) is 12.9. The molecule has 2 heterocycles. The first kappa shape index (κ1) is 35.3. The van der Waals surface area contributed by atoms with Gasteiger partial charge in [-0.25, -0.2) is 0 Å². The Balaban J connectivity index is 0.000000281. The number of pyridine rings is 2. The van der Waals surface area contributed by atoms with Crippen LogP contribution in [-0.4, -0.2) is 18.0 Å². The molecular formula is C49H48IrN2Si-2. The fourth-order valence-corrected chi connectivity index (χ4v) is 8.57. The Labute approximate surface area is 335 Å². The molecule has 0 saturated carbocycles. The second-order valence-electron chi connectivity index (χ2n) is 14.7. The molecule has 0 aliphatic rings. The molecule has 0 N–H and O–H groups in total. The average molecular weight is 888 g/mol. The Morgan fingerprint density at radius 1 is 0.623 bits per heavy atom. The molecular weight excluding hydrogens is 837 g/mol. The molecule has 53 heavy (non-hydrogen) atoms. The van der Waals surface area contributed by atoms with E-state index in [4.69, 9.17) is 9.10 Å². The molecule has 4 heteroatoms. The van der Waals surface area contributed by atoms with Gasteiger partial charge in [0.1, 0.15) is 0 Å². The van der Waals surface area contributed by atoms with Crippen LogP contribution in [0.5, 0.6) is 0 Å². The number of aromatic nitrogens is 2. The minimum Gasteiger partial charge on any atom is -0.358 e. The minimum atomic E-state index is -2.15. The van der Waals surface area contributed by atoms with E-state index in [1.807, 2.05) is 36.4 Å². The van der Waals surface area contributed by atoms with Crippen molar-refractivity contribution in [3.8, 4) is 33.6 Å². The fraction of sp³-hybridized carbons (Fsp3) is 0.163. The van der Waals surface area contributed by atoms with Gasteiger partial charge < -0.3 is 12.4 Å². The van der Waals surface area contributed by atoms with Crippen LogP contribution in [0.25, 0.3) is 66.0 Å². The van der Waals surface area contributed by atoms with E-state index in [1.165, 1.54) is 60.3 Å². The largest absolute Gasteiger partial charge is 0.358 e. The summed E-state index contributed by atoms with van der Waals surface area (Å²) in [5.74, 6) is 0.607. The van der Waals surface area contributed by atoms with Gasteiger partial charge in [-0.2, -0.15) is 0 Å². The van der Waals surface area contributed by atoms with Gasteiger partial charge in [0, 0.05) is 41.7 Å². The van der Waals surface area contributed by atoms with Crippen molar-refractivity contribution in [2.24, 2.45) is 5.92 Å². The van der Waals surface area contributed by atoms with Gasteiger partial charge in [0.2, 0.25) is 0 Å². The van der Waals surface area contributed by atoms with Crippen LogP contribution in [0, 0.1) is 26.3 Å². The molecule has 1 radical (unpaired) electrons. The molecule has 0 amide bonds. The van der Waals surface area contributed by atoms with Crippen molar-refractivity contribution in [3.05, 3.63) is 170 Å². The molecule has 0 aliphatic heterocycles. The van der Waals surface area contributed by atoms with Crippen LogP contribution >= 0.6 is 0 Å². The summed E-state index contributed by atoms with van der Waals surface area (Å²) in [7, 11) is -1.49. The molecule has 0 atom stereocenters. The van der Waals surface area contributed by atoms with Crippen LogP contribution in [0.1, 0.15) is 29.2 Å². The van der Waals surface area contributed by atoms with E-state index < -0.39 is 14.9 Å². The predicted molar refractivity (Wildman–Crippen MR) is 229 cm³/mol. The molecule has 6 aromatic carbocycles. The smallest absolute Gasteiger partial charge is 0.0798 e. The third-order valence-corrected chi connectivity index (χ3v) is 11.5. The number of rotatable bonds is 6. The van der Waals surface area contributed by atoms with Crippen LogP contribution in [0.3, 0.4) is 0 Å². The van der Waals surface area contributed by atoms with Crippen molar-refractivity contribution in [2.75, 3.05) is 0 Å². The van der Waals surface area contributed by atoms with Gasteiger partial charge in [-0.3, -0.25) is 4.98 Å². The number of hydrogen-bond acceptors (Lipinski definition) is 2. The topological polar surface area (TPSA) is 25.8 Å². The number of nitrogens with zero attached hydrogens (tertiary/aromatic N) is 2. The summed E-state index contributed by atoms with van der Waals surface area (Å²) in [6.07, 6.45) is 3.24. The molecule has 8 aromatic rings. The van der Waals surface area contributed by atoms with Crippen molar-refractivity contribution in [3.63, 3.8) is 0 Å². The van der Waals surface area contributed by atoms with Gasteiger partial charge in [-0.15, -0.1) is 23.8 Å². The van der Waals surface area contributed by atoms with Gasteiger partial charge in [0.05, 0.1) is 13.8 Å². The molecule has 0 spiro atoms. The molecule has 0 aliphatic carbocycles. The Morgan fingerprint density at radius 2 is 1.25 bits per heavy atom. The summed E-state index contributed by atoms with van der Waals surface area (Å²) in [4.78, 5) is 9.14. The standard InChI is InChI=1S/C36H34NSi.C12H11N.CH3.Ir/c1-24(2)19-28-22-35(37-23-36(28)38(3,4)5)27-16-18-31-29-13-9-10-14-30(29)33-20-26(25-11-7-6-8-12-25)15-17-32(33)34(31)21-27;1-10-6-5-9-12(13-10)11-7-3-2-4-8-11;;/h6-15,17-18,20-24H,19H2,1-5H3;2-9H,1H3;1H3;/q-1;;-1;/i;1D3;;. The Hall–Kier alpha value is -4.73. The molecule has 0 saturated heterocycles. The first-order chi connectivity index (χ1) is 25.9. The van der Waals surface area contributed by atoms with Crippen LogP contribution < -0.4 is 5.19 Å². The molecule has 0 fully saturated rings. The van der Waals surface area contributed by atoms with Crippen molar-refractivity contribution in [2.45, 2.75) is 46.8 Å². The SMILES string of the molecule is CC(C)Cc1cc(-c2[c-]cc3c4ccccc4c4cc(-c5ccccc5)ccc4c3c2)ncc1[Si](C)(C)C.[2H]C([2H])([2H])c1cccc(-c2ccccc2)n1.[CH3-].[Ir]. The van der Waals surface area contributed by atoms with Crippen molar-refractivity contribution >= 4 is 45.6 Å². The van der Waals surface area contributed by atoms with Gasteiger partial charge in [0.15, 0.2) is 0 Å². The van der Waals surface area contributed by atoms with E-state index in [0.29, 0.717) is 11.6 Å². The number of fused-ring (bicyclic) bond motifs is 6. The zero-order chi connectivity index (χ0) is 38.0. The van der Waals surface area contributed by atoms with Gasteiger partial charge in [-0.05, 0) is 75.6 Å². The minimum absolute atomic E-state index is 0. The maximum absolute atomic E-state index is 7.30.